The minimum Gasteiger partial charge on any atom is -0.435 e. The van der Waals surface area contributed by atoms with Crippen molar-refractivity contribution in [3.8, 4) is 5.75 Å². The summed E-state index contributed by atoms with van der Waals surface area (Å²) < 4.78 is 42.2. The summed E-state index contributed by atoms with van der Waals surface area (Å²) >= 11 is 3.09. The second-order valence-electron chi connectivity index (χ2n) is 4.44. The van der Waals surface area contributed by atoms with E-state index in [9.17, 15) is 13.2 Å². The van der Waals surface area contributed by atoms with Crippen LogP contribution in [0.15, 0.2) is 46.9 Å². The molecule has 0 saturated carbocycles. The van der Waals surface area contributed by atoms with E-state index in [0.717, 1.165) is 5.56 Å². The van der Waals surface area contributed by atoms with Crippen LogP contribution in [0, 0.1) is 5.82 Å². The number of halogens is 4. The van der Waals surface area contributed by atoms with Gasteiger partial charge in [0.25, 0.3) is 0 Å². The molecular formula is C15H13BrF3NO. The molecule has 1 N–H and O–H groups in total. The van der Waals surface area contributed by atoms with Crippen LogP contribution in [0.2, 0.25) is 0 Å². The molecular weight excluding hydrogens is 347 g/mol. The van der Waals surface area contributed by atoms with E-state index in [1.807, 2.05) is 6.92 Å². The normalized spacial score (nSPS) is 12.3. The number of rotatable bonds is 5. The van der Waals surface area contributed by atoms with Gasteiger partial charge in [-0.1, -0.05) is 12.1 Å². The molecule has 0 bridgehead atoms. The largest absolute Gasteiger partial charge is 0.435 e. The van der Waals surface area contributed by atoms with Gasteiger partial charge in [-0.15, -0.1) is 0 Å². The first-order valence-electron chi connectivity index (χ1n) is 6.22. The first-order valence-corrected chi connectivity index (χ1v) is 7.01. The van der Waals surface area contributed by atoms with Crippen LogP contribution in [0.25, 0.3) is 0 Å². The highest BCUT2D eigenvalue weighted by Gasteiger charge is 2.09. The second-order valence-corrected chi connectivity index (χ2v) is 5.30. The first-order chi connectivity index (χ1) is 9.95. The summed E-state index contributed by atoms with van der Waals surface area (Å²) in [6, 6.07) is 11.0. The molecule has 0 aromatic heterocycles. The third-order valence-corrected chi connectivity index (χ3v) is 3.55. The summed E-state index contributed by atoms with van der Waals surface area (Å²) in [5, 5.41) is 3.14. The van der Waals surface area contributed by atoms with Gasteiger partial charge in [-0.3, -0.25) is 0 Å². The molecule has 1 atom stereocenters. The van der Waals surface area contributed by atoms with Crippen molar-refractivity contribution in [3.63, 3.8) is 0 Å². The summed E-state index contributed by atoms with van der Waals surface area (Å²) in [5.74, 6) is -0.247. The van der Waals surface area contributed by atoms with Gasteiger partial charge in [-0.25, -0.2) is 4.39 Å². The van der Waals surface area contributed by atoms with Gasteiger partial charge in [0.1, 0.15) is 11.6 Å². The zero-order chi connectivity index (χ0) is 15.4. The molecule has 2 aromatic carbocycles. The monoisotopic (exact) mass is 359 g/mol. The summed E-state index contributed by atoms with van der Waals surface area (Å²) in [5.41, 5.74) is 1.51. The number of alkyl halides is 2. The molecule has 2 aromatic rings. The molecule has 2 rings (SSSR count). The molecule has 0 fully saturated rings. The lowest BCUT2D eigenvalue weighted by Gasteiger charge is -2.16. The predicted octanol–water partition coefficient (Wildman–Crippen LogP) is 5.36. The molecule has 1 unspecified atom stereocenters. The van der Waals surface area contributed by atoms with E-state index in [-0.39, 0.29) is 17.6 Å². The highest BCUT2D eigenvalue weighted by atomic mass is 79.9. The van der Waals surface area contributed by atoms with Crippen LogP contribution in [-0.4, -0.2) is 6.61 Å². The van der Waals surface area contributed by atoms with Crippen molar-refractivity contribution in [2.75, 3.05) is 5.32 Å². The van der Waals surface area contributed by atoms with Crippen molar-refractivity contribution in [2.24, 2.45) is 0 Å². The number of anilines is 1. The molecule has 21 heavy (non-hydrogen) atoms. The van der Waals surface area contributed by atoms with Gasteiger partial charge in [-0.05, 0) is 58.7 Å². The van der Waals surface area contributed by atoms with Crippen LogP contribution in [0.4, 0.5) is 18.9 Å². The van der Waals surface area contributed by atoms with Crippen molar-refractivity contribution >= 4 is 21.6 Å². The predicted molar refractivity (Wildman–Crippen MR) is 79.2 cm³/mol. The van der Waals surface area contributed by atoms with Crippen molar-refractivity contribution in [1.82, 2.24) is 0 Å². The Balaban J connectivity index is 2.05. The summed E-state index contributed by atoms with van der Waals surface area (Å²) in [6.07, 6.45) is 0. The van der Waals surface area contributed by atoms with Gasteiger partial charge in [0.05, 0.1) is 4.47 Å². The number of hydrogen-bond acceptors (Lipinski definition) is 2. The minimum atomic E-state index is -2.84. The lowest BCUT2D eigenvalue weighted by atomic mass is 10.1. The highest BCUT2D eigenvalue weighted by Crippen LogP contribution is 2.25. The highest BCUT2D eigenvalue weighted by molar-refractivity contribution is 9.10. The molecule has 0 aliphatic rings. The number of hydrogen-bond donors (Lipinski definition) is 1. The van der Waals surface area contributed by atoms with Crippen LogP contribution in [0.5, 0.6) is 5.75 Å². The Labute approximate surface area is 129 Å². The zero-order valence-electron chi connectivity index (χ0n) is 11.1. The standard InChI is InChI=1S/C15H13BrF3NO/c1-9(20-11-4-7-13(16)14(17)8-11)10-2-5-12(6-3-10)21-15(18)19/h2-9,15,20H,1H3. The van der Waals surface area contributed by atoms with E-state index >= 15 is 0 Å². The quantitative estimate of drug-likeness (QED) is 0.775. The van der Waals surface area contributed by atoms with Gasteiger partial charge < -0.3 is 10.1 Å². The molecule has 0 spiro atoms. The van der Waals surface area contributed by atoms with Gasteiger partial charge >= 0.3 is 6.61 Å². The van der Waals surface area contributed by atoms with Crippen molar-refractivity contribution in [1.29, 1.82) is 0 Å². The Morgan fingerprint density at radius 1 is 1.10 bits per heavy atom. The fraction of sp³-hybridized carbons (Fsp3) is 0.200. The summed E-state index contributed by atoms with van der Waals surface area (Å²) in [7, 11) is 0. The zero-order valence-corrected chi connectivity index (χ0v) is 12.7. The second kappa shape index (κ2) is 6.85. The number of benzene rings is 2. The fourth-order valence-corrected chi connectivity index (χ4v) is 2.10. The Morgan fingerprint density at radius 2 is 1.76 bits per heavy atom. The molecule has 112 valence electrons. The van der Waals surface area contributed by atoms with Crippen LogP contribution in [0.3, 0.4) is 0 Å². The third kappa shape index (κ3) is 4.39. The SMILES string of the molecule is CC(Nc1ccc(Br)c(F)c1)c1ccc(OC(F)F)cc1. The Kier molecular flexibility index (Phi) is 5.12. The number of ether oxygens (including phenoxy) is 1. The molecule has 0 saturated heterocycles. The maximum atomic E-state index is 13.4. The van der Waals surface area contributed by atoms with Crippen LogP contribution >= 0.6 is 15.9 Å². The van der Waals surface area contributed by atoms with E-state index in [4.69, 9.17) is 0 Å². The van der Waals surface area contributed by atoms with Crippen molar-refractivity contribution in [3.05, 3.63) is 58.3 Å². The van der Waals surface area contributed by atoms with Crippen molar-refractivity contribution < 1.29 is 17.9 Å². The third-order valence-electron chi connectivity index (χ3n) is 2.91. The maximum Gasteiger partial charge on any atom is 0.387 e. The molecule has 0 amide bonds. The van der Waals surface area contributed by atoms with Crippen molar-refractivity contribution in [2.45, 2.75) is 19.6 Å². The van der Waals surface area contributed by atoms with E-state index in [0.29, 0.717) is 10.2 Å². The van der Waals surface area contributed by atoms with E-state index in [1.54, 1.807) is 24.3 Å². The maximum absolute atomic E-state index is 13.4. The smallest absolute Gasteiger partial charge is 0.387 e. The van der Waals surface area contributed by atoms with Gasteiger partial charge in [0.2, 0.25) is 0 Å². The molecule has 2 nitrogen and oxygen atoms in total. The van der Waals surface area contributed by atoms with Gasteiger partial charge in [0.15, 0.2) is 0 Å². The summed E-state index contributed by atoms with van der Waals surface area (Å²) in [4.78, 5) is 0. The molecule has 0 radical (unpaired) electrons. The fourth-order valence-electron chi connectivity index (χ4n) is 1.86. The lowest BCUT2D eigenvalue weighted by Crippen LogP contribution is -2.07. The molecule has 6 heteroatoms. The van der Waals surface area contributed by atoms with Crippen LogP contribution in [-0.2, 0) is 0 Å². The van der Waals surface area contributed by atoms with E-state index in [1.165, 1.54) is 18.2 Å². The van der Waals surface area contributed by atoms with Gasteiger partial charge in [0, 0.05) is 11.7 Å². The number of nitrogens with one attached hydrogen (secondary N) is 1. The molecule has 0 aliphatic heterocycles. The van der Waals surface area contributed by atoms with Gasteiger partial charge in [-0.2, -0.15) is 8.78 Å². The minimum absolute atomic E-state index is 0.105. The molecule has 0 aliphatic carbocycles. The average Bonchev–Trinajstić information content (AvgIpc) is 2.43. The van der Waals surface area contributed by atoms with E-state index < -0.39 is 6.61 Å². The van der Waals surface area contributed by atoms with E-state index in [2.05, 4.69) is 26.0 Å². The summed E-state index contributed by atoms with van der Waals surface area (Å²) in [6.45, 7) is -0.944. The first kappa shape index (κ1) is 15.7. The Morgan fingerprint density at radius 3 is 2.33 bits per heavy atom. The average molecular weight is 360 g/mol. The Bertz CT molecular complexity index is 604. The lowest BCUT2D eigenvalue weighted by molar-refractivity contribution is -0.0498. The molecule has 0 heterocycles. The Hall–Kier alpha value is -1.69. The topological polar surface area (TPSA) is 21.3 Å². The van der Waals surface area contributed by atoms with Crippen LogP contribution < -0.4 is 10.1 Å². The van der Waals surface area contributed by atoms with Crippen LogP contribution in [0.1, 0.15) is 18.5 Å².